The second kappa shape index (κ2) is 9.30. The highest BCUT2D eigenvalue weighted by Gasteiger charge is 2.18. The summed E-state index contributed by atoms with van der Waals surface area (Å²) in [6, 6.07) is 0. The van der Waals surface area contributed by atoms with Crippen molar-refractivity contribution in [3.63, 3.8) is 0 Å². The number of rotatable bonds is 7. The van der Waals surface area contributed by atoms with E-state index in [-0.39, 0.29) is 12.5 Å². The van der Waals surface area contributed by atoms with Crippen LogP contribution in [0.1, 0.15) is 26.2 Å². The lowest BCUT2D eigenvalue weighted by molar-refractivity contribution is -0.136. The summed E-state index contributed by atoms with van der Waals surface area (Å²) in [4.78, 5) is 16.2. The van der Waals surface area contributed by atoms with Crippen LogP contribution >= 0.6 is 0 Å². The number of ether oxygens (including phenoxy) is 1. The number of carbonyl (C=O) groups excluding carboxylic acids is 1. The second-order valence-corrected chi connectivity index (χ2v) is 4.77. The van der Waals surface area contributed by atoms with Crippen molar-refractivity contribution >= 4 is 5.91 Å². The van der Waals surface area contributed by atoms with Crippen LogP contribution in [0.5, 0.6) is 0 Å². The molecule has 0 aromatic carbocycles. The molecule has 1 aliphatic heterocycles. The third kappa shape index (κ3) is 5.80. The van der Waals surface area contributed by atoms with E-state index in [0.717, 1.165) is 58.5 Å². The first-order chi connectivity index (χ1) is 8.77. The minimum Gasteiger partial charge on any atom is -0.372 e. The largest absolute Gasteiger partial charge is 0.372 e. The number of hydrogen-bond acceptors (Lipinski definition) is 4. The van der Waals surface area contributed by atoms with Gasteiger partial charge >= 0.3 is 0 Å². The highest BCUT2D eigenvalue weighted by molar-refractivity contribution is 5.77. The number of hydrogen-bond donors (Lipinski definition) is 1. The molecule has 1 fully saturated rings. The Morgan fingerprint density at radius 3 is 2.83 bits per heavy atom. The van der Waals surface area contributed by atoms with Crippen LogP contribution in [0.25, 0.3) is 0 Å². The molecule has 0 saturated carbocycles. The van der Waals surface area contributed by atoms with Gasteiger partial charge in [0, 0.05) is 26.2 Å². The van der Waals surface area contributed by atoms with E-state index >= 15 is 0 Å². The topological polar surface area (TPSA) is 58.8 Å². The fraction of sp³-hybridized carbons (Fsp3) is 0.923. The van der Waals surface area contributed by atoms with E-state index in [1.807, 2.05) is 11.8 Å². The molecule has 0 unspecified atom stereocenters. The maximum atomic E-state index is 11.9. The van der Waals surface area contributed by atoms with E-state index in [0.29, 0.717) is 6.61 Å². The standard InChI is InChI=1S/C13H27N3O2/c1-2-11-18-12-13(17)16-8-4-7-15(9-10-16)6-3-5-14/h2-12,14H2,1H3. The van der Waals surface area contributed by atoms with Gasteiger partial charge in [0.2, 0.25) is 5.91 Å². The lowest BCUT2D eigenvalue weighted by Gasteiger charge is -2.21. The van der Waals surface area contributed by atoms with Gasteiger partial charge in [0.15, 0.2) is 0 Å². The smallest absolute Gasteiger partial charge is 0.248 e. The second-order valence-electron chi connectivity index (χ2n) is 4.77. The van der Waals surface area contributed by atoms with Gasteiger partial charge in [-0.3, -0.25) is 4.79 Å². The van der Waals surface area contributed by atoms with Crippen LogP contribution in [0.3, 0.4) is 0 Å². The summed E-state index contributed by atoms with van der Waals surface area (Å²) < 4.78 is 5.31. The van der Waals surface area contributed by atoms with E-state index in [1.54, 1.807) is 0 Å². The van der Waals surface area contributed by atoms with Crippen molar-refractivity contribution in [2.45, 2.75) is 26.2 Å². The molecular weight excluding hydrogens is 230 g/mol. The monoisotopic (exact) mass is 257 g/mol. The molecule has 5 heteroatoms. The number of nitrogens with zero attached hydrogens (tertiary/aromatic N) is 2. The molecule has 1 aliphatic rings. The molecule has 1 saturated heterocycles. The minimum absolute atomic E-state index is 0.129. The summed E-state index contributed by atoms with van der Waals surface area (Å²) in [6.45, 7) is 8.44. The Bertz CT molecular complexity index is 236. The summed E-state index contributed by atoms with van der Waals surface area (Å²) in [5.41, 5.74) is 5.52. The van der Waals surface area contributed by atoms with Crippen molar-refractivity contribution < 1.29 is 9.53 Å². The van der Waals surface area contributed by atoms with E-state index in [1.165, 1.54) is 0 Å². The fourth-order valence-corrected chi connectivity index (χ4v) is 2.15. The predicted octanol–water partition coefficient (Wildman–Crippen LogP) is 0.296. The van der Waals surface area contributed by atoms with Crippen molar-refractivity contribution in [1.29, 1.82) is 0 Å². The Kier molecular flexibility index (Phi) is 7.96. The molecule has 0 spiro atoms. The molecule has 5 nitrogen and oxygen atoms in total. The molecule has 106 valence electrons. The normalized spacial score (nSPS) is 17.8. The van der Waals surface area contributed by atoms with Gasteiger partial charge in [-0.05, 0) is 38.9 Å². The predicted molar refractivity (Wildman–Crippen MR) is 72.4 cm³/mol. The van der Waals surface area contributed by atoms with E-state index in [9.17, 15) is 4.79 Å². The quantitative estimate of drug-likeness (QED) is 0.666. The van der Waals surface area contributed by atoms with Crippen molar-refractivity contribution in [1.82, 2.24) is 9.80 Å². The summed E-state index contributed by atoms with van der Waals surface area (Å²) in [6.07, 6.45) is 3.04. The van der Waals surface area contributed by atoms with Gasteiger partial charge < -0.3 is 20.3 Å². The summed E-state index contributed by atoms with van der Waals surface area (Å²) >= 11 is 0. The van der Waals surface area contributed by atoms with Gasteiger partial charge in [-0.1, -0.05) is 6.92 Å². The van der Waals surface area contributed by atoms with Crippen LogP contribution in [0.15, 0.2) is 0 Å². The zero-order chi connectivity index (χ0) is 13.2. The van der Waals surface area contributed by atoms with Crippen LogP contribution in [0.2, 0.25) is 0 Å². The first-order valence-electron chi connectivity index (χ1n) is 7.06. The zero-order valence-electron chi connectivity index (χ0n) is 11.6. The molecule has 0 radical (unpaired) electrons. The fourth-order valence-electron chi connectivity index (χ4n) is 2.15. The van der Waals surface area contributed by atoms with Crippen LogP contribution in [-0.4, -0.2) is 68.2 Å². The third-order valence-electron chi connectivity index (χ3n) is 3.19. The van der Waals surface area contributed by atoms with Gasteiger partial charge in [0.25, 0.3) is 0 Å². The molecule has 2 N–H and O–H groups in total. The molecule has 0 bridgehead atoms. The Labute approximate surface area is 110 Å². The van der Waals surface area contributed by atoms with E-state index < -0.39 is 0 Å². The molecular formula is C13H27N3O2. The van der Waals surface area contributed by atoms with Gasteiger partial charge in [0.05, 0.1) is 0 Å². The van der Waals surface area contributed by atoms with Crippen LogP contribution in [0, 0.1) is 0 Å². The van der Waals surface area contributed by atoms with E-state index in [4.69, 9.17) is 10.5 Å². The molecule has 1 heterocycles. The van der Waals surface area contributed by atoms with Gasteiger partial charge in [0.1, 0.15) is 6.61 Å². The molecule has 1 amide bonds. The first-order valence-corrected chi connectivity index (χ1v) is 7.06. The molecule has 0 aliphatic carbocycles. The Morgan fingerprint density at radius 2 is 2.11 bits per heavy atom. The minimum atomic E-state index is 0.129. The van der Waals surface area contributed by atoms with E-state index in [2.05, 4.69) is 4.90 Å². The maximum Gasteiger partial charge on any atom is 0.248 e. The molecule has 0 aromatic rings. The van der Waals surface area contributed by atoms with Gasteiger partial charge in [-0.15, -0.1) is 0 Å². The zero-order valence-corrected chi connectivity index (χ0v) is 11.6. The summed E-state index contributed by atoms with van der Waals surface area (Å²) in [5, 5.41) is 0. The number of carbonyl (C=O) groups is 1. The van der Waals surface area contributed by atoms with Crippen molar-refractivity contribution in [3.05, 3.63) is 0 Å². The van der Waals surface area contributed by atoms with Gasteiger partial charge in [-0.25, -0.2) is 0 Å². The lowest BCUT2D eigenvalue weighted by Crippen LogP contribution is -2.37. The van der Waals surface area contributed by atoms with Crippen molar-refractivity contribution in [2.24, 2.45) is 5.73 Å². The Morgan fingerprint density at radius 1 is 1.28 bits per heavy atom. The van der Waals surface area contributed by atoms with Crippen molar-refractivity contribution in [2.75, 3.05) is 52.5 Å². The number of amides is 1. The number of nitrogens with two attached hydrogens (primary N) is 1. The average Bonchev–Trinajstić information content (AvgIpc) is 2.62. The Hall–Kier alpha value is -0.650. The van der Waals surface area contributed by atoms with Crippen LogP contribution in [0.4, 0.5) is 0 Å². The molecule has 18 heavy (non-hydrogen) atoms. The first kappa shape index (κ1) is 15.4. The van der Waals surface area contributed by atoms with Crippen LogP contribution < -0.4 is 5.73 Å². The molecule has 0 atom stereocenters. The Balaban J connectivity index is 2.25. The highest BCUT2D eigenvalue weighted by Crippen LogP contribution is 2.04. The molecule has 1 rings (SSSR count). The third-order valence-corrected chi connectivity index (χ3v) is 3.19. The maximum absolute atomic E-state index is 11.9. The lowest BCUT2D eigenvalue weighted by atomic mass is 10.3. The SMILES string of the molecule is CCCOCC(=O)N1CCCN(CCCN)CC1. The highest BCUT2D eigenvalue weighted by atomic mass is 16.5. The van der Waals surface area contributed by atoms with Crippen molar-refractivity contribution in [3.8, 4) is 0 Å². The summed E-state index contributed by atoms with van der Waals surface area (Å²) in [5.74, 6) is 0.129. The summed E-state index contributed by atoms with van der Waals surface area (Å²) in [7, 11) is 0. The van der Waals surface area contributed by atoms with Gasteiger partial charge in [-0.2, -0.15) is 0 Å². The van der Waals surface area contributed by atoms with Crippen LogP contribution in [-0.2, 0) is 9.53 Å². The average molecular weight is 257 g/mol. The molecule has 0 aromatic heterocycles.